The first-order valence-corrected chi connectivity index (χ1v) is 8.35. The smallest absolute Gasteiger partial charge is 0.317 e. The highest BCUT2D eigenvalue weighted by atomic mass is 16.2. The van der Waals surface area contributed by atoms with Gasteiger partial charge in [-0.1, -0.05) is 18.2 Å². The highest BCUT2D eigenvalue weighted by Gasteiger charge is 2.31. The van der Waals surface area contributed by atoms with Gasteiger partial charge in [0.2, 0.25) is 0 Å². The van der Waals surface area contributed by atoms with Crippen LogP contribution in [0, 0.1) is 11.3 Å². The molecule has 0 radical (unpaired) electrons. The number of anilines is 1. The molecule has 6 heteroatoms. The van der Waals surface area contributed by atoms with E-state index in [0.717, 1.165) is 55.6 Å². The normalized spacial score (nSPS) is 21.0. The van der Waals surface area contributed by atoms with Gasteiger partial charge in [0.05, 0.1) is 11.6 Å². The number of urea groups is 1. The lowest BCUT2D eigenvalue weighted by atomic mass is 10.0. The number of para-hydroxylation sites is 1. The first kappa shape index (κ1) is 14.8. The first-order chi connectivity index (χ1) is 11.8. The van der Waals surface area contributed by atoms with Gasteiger partial charge in [0, 0.05) is 37.3 Å². The van der Waals surface area contributed by atoms with E-state index in [-0.39, 0.29) is 12.1 Å². The molecule has 0 aliphatic carbocycles. The second-order valence-corrected chi connectivity index (χ2v) is 6.32. The fourth-order valence-corrected chi connectivity index (χ4v) is 3.74. The van der Waals surface area contributed by atoms with Crippen molar-refractivity contribution < 1.29 is 4.79 Å². The van der Waals surface area contributed by atoms with Gasteiger partial charge in [0.15, 0.2) is 0 Å². The van der Waals surface area contributed by atoms with Crippen LogP contribution < -0.4 is 10.2 Å². The van der Waals surface area contributed by atoms with E-state index in [2.05, 4.69) is 21.3 Å². The van der Waals surface area contributed by atoms with Crippen LogP contribution in [0.2, 0.25) is 0 Å². The number of carbonyl (C=O) groups excluding carboxylic acids is 1. The van der Waals surface area contributed by atoms with E-state index in [4.69, 9.17) is 0 Å². The molecule has 2 amide bonds. The average Bonchev–Trinajstić information content (AvgIpc) is 3.07. The zero-order valence-electron chi connectivity index (χ0n) is 13.4. The van der Waals surface area contributed by atoms with Gasteiger partial charge in [-0.2, -0.15) is 5.26 Å². The minimum atomic E-state index is 0.0409. The Hall–Kier alpha value is -2.81. The summed E-state index contributed by atoms with van der Waals surface area (Å²) < 4.78 is 0. The van der Waals surface area contributed by atoms with Crippen LogP contribution in [-0.4, -0.2) is 48.1 Å². The summed E-state index contributed by atoms with van der Waals surface area (Å²) in [6.45, 7) is 3.24. The van der Waals surface area contributed by atoms with E-state index >= 15 is 0 Å². The number of hydrogen-bond acceptors (Lipinski definition) is 4. The molecule has 0 spiro atoms. The highest BCUT2D eigenvalue weighted by molar-refractivity contribution is 5.92. The topological polar surface area (TPSA) is 72.3 Å². The number of aromatic nitrogens is 1. The van der Waals surface area contributed by atoms with E-state index in [0.29, 0.717) is 5.69 Å². The van der Waals surface area contributed by atoms with Crippen molar-refractivity contribution in [2.75, 3.05) is 31.1 Å². The lowest BCUT2D eigenvalue weighted by Crippen LogP contribution is -2.49. The first-order valence-electron chi connectivity index (χ1n) is 8.35. The summed E-state index contributed by atoms with van der Waals surface area (Å²) in [6, 6.07) is 12.2. The van der Waals surface area contributed by atoms with Crippen LogP contribution in [0.3, 0.4) is 0 Å². The molecule has 2 aromatic rings. The summed E-state index contributed by atoms with van der Waals surface area (Å²) in [4.78, 5) is 20.6. The zero-order chi connectivity index (χ0) is 16.5. The van der Waals surface area contributed by atoms with Gasteiger partial charge >= 0.3 is 6.03 Å². The Bertz CT molecular complexity index is 828. The van der Waals surface area contributed by atoms with Crippen molar-refractivity contribution >= 4 is 22.6 Å². The van der Waals surface area contributed by atoms with E-state index < -0.39 is 0 Å². The molecule has 1 aromatic heterocycles. The van der Waals surface area contributed by atoms with Gasteiger partial charge in [0.1, 0.15) is 11.8 Å². The van der Waals surface area contributed by atoms with Gasteiger partial charge in [-0.15, -0.1) is 0 Å². The molecule has 24 heavy (non-hydrogen) atoms. The predicted octanol–water partition coefficient (Wildman–Crippen LogP) is 2.10. The molecular weight excluding hydrogens is 302 g/mol. The van der Waals surface area contributed by atoms with Crippen LogP contribution in [0.5, 0.6) is 0 Å². The van der Waals surface area contributed by atoms with Crippen LogP contribution in [-0.2, 0) is 0 Å². The summed E-state index contributed by atoms with van der Waals surface area (Å²) in [7, 11) is 0. The lowest BCUT2D eigenvalue weighted by molar-refractivity contribution is 0.189. The summed E-state index contributed by atoms with van der Waals surface area (Å²) >= 11 is 0. The Morgan fingerprint density at radius 1 is 1.29 bits per heavy atom. The largest absolute Gasteiger partial charge is 0.369 e. The van der Waals surface area contributed by atoms with Crippen molar-refractivity contribution in [3.63, 3.8) is 0 Å². The SMILES string of the molecule is N#Cc1cc(N2CCCC(N3CCNC3=O)C2)c2ccccc2n1. The van der Waals surface area contributed by atoms with Gasteiger partial charge in [-0.05, 0) is 25.0 Å². The molecule has 2 saturated heterocycles. The third-order valence-corrected chi connectivity index (χ3v) is 4.88. The molecule has 2 aliphatic rings. The van der Waals surface area contributed by atoms with Crippen LogP contribution in [0.1, 0.15) is 18.5 Å². The van der Waals surface area contributed by atoms with Crippen molar-refractivity contribution in [2.45, 2.75) is 18.9 Å². The molecule has 122 valence electrons. The number of hydrogen-bond donors (Lipinski definition) is 1. The van der Waals surface area contributed by atoms with Crippen LogP contribution in [0.25, 0.3) is 10.9 Å². The summed E-state index contributed by atoms with van der Waals surface area (Å²) in [5, 5.41) is 13.2. The van der Waals surface area contributed by atoms with Gasteiger partial charge in [-0.25, -0.2) is 9.78 Å². The Balaban J connectivity index is 1.69. The van der Waals surface area contributed by atoms with E-state index in [1.165, 1.54) is 0 Å². The number of nitrogens with zero attached hydrogens (tertiary/aromatic N) is 4. The molecule has 1 atom stereocenters. The monoisotopic (exact) mass is 321 g/mol. The van der Waals surface area contributed by atoms with Gasteiger partial charge in [-0.3, -0.25) is 0 Å². The van der Waals surface area contributed by atoms with Crippen LogP contribution >= 0.6 is 0 Å². The lowest BCUT2D eigenvalue weighted by Gasteiger charge is -2.38. The number of rotatable bonds is 2. The molecule has 1 unspecified atom stereocenters. The van der Waals surface area contributed by atoms with Crippen LogP contribution in [0.15, 0.2) is 30.3 Å². The van der Waals surface area contributed by atoms with Crippen molar-refractivity contribution in [2.24, 2.45) is 0 Å². The van der Waals surface area contributed by atoms with Gasteiger partial charge in [0.25, 0.3) is 0 Å². The Kier molecular flexibility index (Phi) is 3.69. The maximum absolute atomic E-state index is 12.0. The second-order valence-electron chi connectivity index (χ2n) is 6.32. The number of fused-ring (bicyclic) bond motifs is 1. The van der Waals surface area contributed by atoms with Crippen molar-refractivity contribution in [1.29, 1.82) is 5.26 Å². The molecule has 0 bridgehead atoms. The van der Waals surface area contributed by atoms with Crippen molar-refractivity contribution in [3.05, 3.63) is 36.0 Å². The summed E-state index contributed by atoms with van der Waals surface area (Å²) in [6.07, 6.45) is 2.06. The Labute approximate surface area is 140 Å². The molecule has 0 saturated carbocycles. The van der Waals surface area contributed by atoms with Crippen molar-refractivity contribution in [1.82, 2.24) is 15.2 Å². The summed E-state index contributed by atoms with van der Waals surface area (Å²) in [5.41, 5.74) is 2.32. The van der Waals surface area contributed by atoms with E-state index in [9.17, 15) is 10.1 Å². The maximum atomic E-state index is 12.0. The van der Waals surface area contributed by atoms with Crippen LogP contribution in [0.4, 0.5) is 10.5 Å². The quantitative estimate of drug-likeness (QED) is 0.919. The van der Waals surface area contributed by atoms with Crippen molar-refractivity contribution in [3.8, 4) is 6.07 Å². The molecule has 6 nitrogen and oxygen atoms in total. The zero-order valence-corrected chi connectivity index (χ0v) is 13.4. The maximum Gasteiger partial charge on any atom is 0.317 e. The number of piperidine rings is 1. The fraction of sp³-hybridized carbons (Fsp3) is 0.389. The van der Waals surface area contributed by atoms with Gasteiger partial charge < -0.3 is 15.1 Å². The Morgan fingerprint density at radius 3 is 2.96 bits per heavy atom. The van der Waals surface area contributed by atoms with E-state index in [1.807, 2.05) is 35.2 Å². The number of nitrogens with one attached hydrogen (secondary N) is 1. The van der Waals surface area contributed by atoms with E-state index in [1.54, 1.807) is 0 Å². The predicted molar refractivity (Wildman–Crippen MR) is 91.8 cm³/mol. The highest BCUT2D eigenvalue weighted by Crippen LogP contribution is 2.30. The Morgan fingerprint density at radius 2 is 2.17 bits per heavy atom. The minimum absolute atomic E-state index is 0.0409. The summed E-state index contributed by atoms with van der Waals surface area (Å²) in [5.74, 6) is 0. The minimum Gasteiger partial charge on any atom is -0.369 e. The average molecular weight is 321 g/mol. The number of nitriles is 1. The molecule has 3 heterocycles. The molecular formula is C18H19N5O. The molecule has 4 rings (SSSR count). The standard InChI is InChI=1S/C18H19N5O/c19-11-13-10-17(15-5-1-2-6-16(15)21-13)22-8-3-4-14(12-22)23-9-7-20-18(23)24/h1-2,5-6,10,14H,3-4,7-9,12H2,(H,20,24). The number of pyridine rings is 1. The third kappa shape index (κ3) is 2.52. The fourth-order valence-electron chi connectivity index (χ4n) is 3.74. The second kappa shape index (κ2) is 6.00. The third-order valence-electron chi connectivity index (χ3n) is 4.88. The molecule has 1 aromatic carbocycles. The number of carbonyl (C=O) groups is 1. The molecule has 1 N–H and O–H groups in total. The number of benzene rings is 1. The molecule has 2 aliphatic heterocycles. The molecule has 2 fully saturated rings. The number of amides is 2.